The van der Waals surface area contributed by atoms with Crippen molar-refractivity contribution < 1.29 is 9.63 Å². The van der Waals surface area contributed by atoms with Gasteiger partial charge in [-0.1, -0.05) is 30.3 Å². The number of carbonyl (C=O) groups excluding carboxylic acids is 1. The molecule has 0 spiro atoms. The molecule has 6 rings (SSSR count). The van der Waals surface area contributed by atoms with Crippen LogP contribution in [0.3, 0.4) is 0 Å². The van der Waals surface area contributed by atoms with Crippen LogP contribution in [0.25, 0.3) is 5.65 Å². The minimum absolute atomic E-state index is 0.0560. The number of anilines is 1. The number of hydroxylamine groups is 1. The maximum absolute atomic E-state index is 13.6. The number of nitrogens with two attached hydrogens (primary N) is 1. The van der Waals surface area contributed by atoms with E-state index in [2.05, 4.69) is 17.3 Å². The molecular formula is C26H33N7O2. The van der Waals surface area contributed by atoms with Crippen molar-refractivity contribution in [3.8, 4) is 0 Å². The Labute approximate surface area is 205 Å². The van der Waals surface area contributed by atoms with Gasteiger partial charge in [-0.3, -0.25) is 9.63 Å². The van der Waals surface area contributed by atoms with Gasteiger partial charge in [0.05, 0.1) is 11.7 Å². The molecule has 1 aromatic carbocycles. The lowest BCUT2D eigenvalue weighted by molar-refractivity contribution is -0.138. The molecule has 3 saturated heterocycles. The molecule has 9 nitrogen and oxygen atoms in total. The molecule has 3 aliphatic heterocycles. The number of benzene rings is 1. The first-order valence-corrected chi connectivity index (χ1v) is 12.7. The summed E-state index contributed by atoms with van der Waals surface area (Å²) >= 11 is 0. The van der Waals surface area contributed by atoms with Crippen molar-refractivity contribution in [3.05, 3.63) is 59.4 Å². The molecule has 1 amide bonds. The van der Waals surface area contributed by atoms with Crippen molar-refractivity contribution in [1.29, 1.82) is 0 Å². The second-order valence-electron chi connectivity index (χ2n) is 10.1. The van der Waals surface area contributed by atoms with Crippen molar-refractivity contribution in [3.63, 3.8) is 0 Å². The standard InChI is InChI=1S/C26H33N7O2/c1-17-15-33-24(28-25(17)31-12-10-19(27)16-31)14-20(29-33)22-9-5-6-11-32(22)26(34)21-13-23(35-30-21)18-7-3-2-4-8-18/h2-4,7-8,14-15,19,21-23,30H,5-6,9-13,16,27H2,1H3/t19-,21?,22-,23?/m0/s1. The first kappa shape index (κ1) is 22.5. The SMILES string of the molecule is Cc1cn2nc([C@@H]3CCCCN3C(=O)C3CC(c4ccccc4)ON3)cc2nc1N1CC[C@H](N)C1. The van der Waals surface area contributed by atoms with E-state index in [1.807, 2.05) is 52.0 Å². The van der Waals surface area contributed by atoms with Gasteiger partial charge >= 0.3 is 0 Å². The van der Waals surface area contributed by atoms with Crippen molar-refractivity contribution in [2.45, 2.75) is 63.3 Å². The smallest absolute Gasteiger partial charge is 0.242 e. The molecule has 3 aromatic rings. The van der Waals surface area contributed by atoms with Crippen LogP contribution in [-0.4, -0.2) is 57.1 Å². The molecule has 35 heavy (non-hydrogen) atoms. The van der Waals surface area contributed by atoms with Gasteiger partial charge in [0.1, 0.15) is 18.0 Å². The molecular weight excluding hydrogens is 442 g/mol. The molecule has 0 radical (unpaired) electrons. The Kier molecular flexibility index (Phi) is 5.91. The summed E-state index contributed by atoms with van der Waals surface area (Å²) < 4.78 is 1.85. The summed E-state index contributed by atoms with van der Waals surface area (Å²) in [7, 11) is 0. The Balaban J connectivity index is 1.23. The van der Waals surface area contributed by atoms with E-state index < -0.39 is 0 Å². The fraction of sp³-hybridized carbons (Fsp3) is 0.500. The number of likely N-dealkylation sites (tertiary alicyclic amines) is 1. The van der Waals surface area contributed by atoms with E-state index in [-0.39, 0.29) is 30.1 Å². The first-order valence-electron chi connectivity index (χ1n) is 12.7. The molecule has 2 aromatic heterocycles. The van der Waals surface area contributed by atoms with Gasteiger partial charge in [-0.2, -0.15) is 10.6 Å². The van der Waals surface area contributed by atoms with Crippen LogP contribution >= 0.6 is 0 Å². The number of fused-ring (bicyclic) bond motifs is 1. The van der Waals surface area contributed by atoms with E-state index in [9.17, 15) is 4.79 Å². The molecule has 0 saturated carbocycles. The molecule has 3 fully saturated rings. The van der Waals surface area contributed by atoms with E-state index in [4.69, 9.17) is 20.7 Å². The van der Waals surface area contributed by atoms with Gasteiger partial charge in [-0.05, 0) is 38.2 Å². The van der Waals surface area contributed by atoms with E-state index >= 15 is 0 Å². The number of nitrogens with zero attached hydrogens (tertiary/aromatic N) is 5. The summed E-state index contributed by atoms with van der Waals surface area (Å²) in [6.07, 6.45) is 6.51. The minimum atomic E-state index is -0.357. The summed E-state index contributed by atoms with van der Waals surface area (Å²) in [6.45, 7) is 4.56. The average molecular weight is 476 g/mol. The highest BCUT2D eigenvalue weighted by molar-refractivity contribution is 5.82. The lowest BCUT2D eigenvalue weighted by atomic mass is 9.97. The predicted octanol–water partition coefficient (Wildman–Crippen LogP) is 2.66. The van der Waals surface area contributed by atoms with E-state index in [0.717, 1.165) is 73.6 Å². The van der Waals surface area contributed by atoms with Crippen LogP contribution in [0, 0.1) is 6.92 Å². The summed E-state index contributed by atoms with van der Waals surface area (Å²) in [5.41, 5.74) is 13.0. The van der Waals surface area contributed by atoms with Crippen LogP contribution in [0.4, 0.5) is 5.82 Å². The Morgan fingerprint density at radius 3 is 2.83 bits per heavy atom. The molecule has 5 heterocycles. The fourth-order valence-electron chi connectivity index (χ4n) is 5.68. The van der Waals surface area contributed by atoms with Gasteiger partial charge in [0.15, 0.2) is 5.65 Å². The topological polar surface area (TPSA) is 101 Å². The molecule has 0 bridgehead atoms. The van der Waals surface area contributed by atoms with Gasteiger partial charge in [0, 0.05) is 49.9 Å². The molecule has 9 heteroatoms. The largest absolute Gasteiger partial charge is 0.355 e. The zero-order valence-electron chi connectivity index (χ0n) is 20.1. The monoisotopic (exact) mass is 475 g/mol. The van der Waals surface area contributed by atoms with Crippen LogP contribution in [0.5, 0.6) is 0 Å². The third-order valence-corrected chi connectivity index (χ3v) is 7.55. The number of hydrogen-bond donors (Lipinski definition) is 2. The van der Waals surface area contributed by atoms with Crippen molar-refractivity contribution in [1.82, 2.24) is 25.0 Å². The highest BCUT2D eigenvalue weighted by Crippen LogP contribution is 2.34. The number of piperidine rings is 1. The minimum Gasteiger partial charge on any atom is -0.355 e. The van der Waals surface area contributed by atoms with Gasteiger partial charge in [-0.25, -0.2) is 9.50 Å². The lowest BCUT2D eigenvalue weighted by Crippen LogP contribution is -2.47. The van der Waals surface area contributed by atoms with Gasteiger partial charge in [0.25, 0.3) is 0 Å². The molecule has 0 aliphatic carbocycles. The lowest BCUT2D eigenvalue weighted by Gasteiger charge is -2.36. The summed E-state index contributed by atoms with van der Waals surface area (Å²) in [5.74, 6) is 1.06. The normalized spacial score (nSPS) is 27.1. The number of rotatable bonds is 4. The number of aryl methyl sites for hydroxylation is 1. The Morgan fingerprint density at radius 1 is 1.17 bits per heavy atom. The Morgan fingerprint density at radius 2 is 2.03 bits per heavy atom. The van der Waals surface area contributed by atoms with E-state index in [1.165, 1.54) is 0 Å². The van der Waals surface area contributed by atoms with Gasteiger partial charge < -0.3 is 15.5 Å². The fourth-order valence-corrected chi connectivity index (χ4v) is 5.68. The molecule has 2 unspecified atom stereocenters. The zero-order valence-corrected chi connectivity index (χ0v) is 20.1. The number of aromatic nitrogens is 3. The van der Waals surface area contributed by atoms with E-state index in [0.29, 0.717) is 6.42 Å². The highest BCUT2D eigenvalue weighted by atomic mass is 16.7. The Hall–Kier alpha value is -3.01. The van der Waals surface area contributed by atoms with Crippen LogP contribution in [0.1, 0.15) is 61.1 Å². The maximum Gasteiger partial charge on any atom is 0.242 e. The summed E-state index contributed by atoms with van der Waals surface area (Å²) in [4.78, 5) is 28.6. The van der Waals surface area contributed by atoms with Crippen molar-refractivity contribution >= 4 is 17.4 Å². The maximum atomic E-state index is 13.6. The summed E-state index contributed by atoms with van der Waals surface area (Å²) in [5, 5.41) is 4.87. The van der Waals surface area contributed by atoms with Crippen molar-refractivity contribution in [2.24, 2.45) is 5.73 Å². The van der Waals surface area contributed by atoms with Crippen LogP contribution in [0.15, 0.2) is 42.6 Å². The second-order valence-corrected chi connectivity index (χ2v) is 10.1. The number of hydrogen-bond acceptors (Lipinski definition) is 7. The van der Waals surface area contributed by atoms with Gasteiger partial charge in [0.2, 0.25) is 5.91 Å². The zero-order chi connectivity index (χ0) is 23.9. The highest BCUT2D eigenvalue weighted by Gasteiger charge is 2.38. The van der Waals surface area contributed by atoms with Crippen LogP contribution < -0.4 is 16.1 Å². The third-order valence-electron chi connectivity index (χ3n) is 7.55. The molecule has 184 valence electrons. The number of amides is 1. The Bertz CT molecular complexity index is 1210. The second kappa shape index (κ2) is 9.22. The van der Waals surface area contributed by atoms with Crippen LogP contribution in [-0.2, 0) is 9.63 Å². The van der Waals surface area contributed by atoms with Crippen LogP contribution in [0.2, 0.25) is 0 Å². The summed E-state index contributed by atoms with van der Waals surface area (Å²) in [6, 6.07) is 11.9. The molecule has 4 atom stereocenters. The molecule has 3 aliphatic rings. The third kappa shape index (κ3) is 4.28. The van der Waals surface area contributed by atoms with E-state index in [1.54, 1.807) is 0 Å². The molecule has 3 N–H and O–H groups in total. The van der Waals surface area contributed by atoms with Gasteiger partial charge in [-0.15, -0.1) is 0 Å². The predicted molar refractivity (Wildman–Crippen MR) is 133 cm³/mol. The first-order chi connectivity index (χ1) is 17.1. The quantitative estimate of drug-likeness (QED) is 0.598. The number of carbonyl (C=O) groups is 1. The number of nitrogens with one attached hydrogen (secondary N) is 1. The van der Waals surface area contributed by atoms with Crippen molar-refractivity contribution in [2.75, 3.05) is 24.5 Å². The average Bonchev–Trinajstić information content (AvgIpc) is 3.63.